The SMILES string of the molecule is C=C=C[C@]1(CC)O[C@@H](n2ccc(N)nc2=O)[C@@H](F)[C@@H]1C. The third-order valence-corrected chi connectivity index (χ3v) is 3.89. The molecule has 0 bridgehead atoms. The van der Waals surface area contributed by atoms with Crippen LogP contribution in [0.15, 0.2) is 35.4 Å². The standard InChI is InChI=1S/C14H18FN3O2/c1-4-7-14(5-2)9(3)11(15)12(20-14)18-8-6-10(16)17-13(18)19/h6-9,11-12H,1,5H2,2-3H3,(H2,16,17,19)/t9-,11-,12+,14-/m0/s1. The van der Waals surface area contributed by atoms with E-state index in [1.807, 2.05) is 6.92 Å². The molecule has 6 heteroatoms. The lowest BCUT2D eigenvalue weighted by molar-refractivity contribution is -0.0640. The number of nitrogen functional groups attached to an aromatic ring is 1. The van der Waals surface area contributed by atoms with Gasteiger partial charge in [0.25, 0.3) is 0 Å². The molecule has 0 aromatic carbocycles. The fraction of sp³-hybridized carbons (Fsp3) is 0.500. The van der Waals surface area contributed by atoms with Crippen molar-refractivity contribution in [1.82, 2.24) is 9.55 Å². The Morgan fingerprint density at radius 2 is 2.45 bits per heavy atom. The summed E-state index contributed by atoms with van der Waals surface area (Å²) in [6.45, 7) is 7.16. The number of anilines is 1. The molecule has 5 nitrogen and oxygen atoms in total. The van der Waals surface area contributed by atoms with Gasteiger partial charge in [-0.3, -0.25) is 4.57 Å². The molecule has 0 saturated carbocycles. The second-order valence-electron chi connectivity index (χ2n) is 4.94. The summed E-state index contributed by atoms with van der Waals surface area (Å²) in [7, 11) is 0. The Bertz CT molecular complexity index is 609. The summed E-state index contributed by atoms with van der Waals surface area (Å²) < 4.78 is 21.5. The predicted molar refractivity (Wildman–Crippen MR) is 73.8 cm³/mol. The van der Waals surface area contributed by atoms with Gasteiger partial charge in [-0.15, -0.1) is 5.73 Å². The van der Waals surface area contributed by atoms with E-state index in [-0.39, 0.29) is 5.82 Å². The first kappa shape index (κ1) is 14.5. The van der Waals surface area contributed by atoms with Crippen molar-refractivity contribution in [2.75, 3.05) is 5.73 Å². The maximum Gasteiger partial charge on any atom is 0.351 e. The summed E-state index contributed by atoms with van der Waals surface area (Å²) in [5, 5.41) is 0. The highest BCUT2D eigenvalue weighted by molar-refractivity contribution is 5.23. The highest BCUT2D eigenvalue weighted by Gasteiger charge is 2.52. The third kappa shape index (κ3) is 2.17. The zero-order valence-electron chi connectivity index (χ0n) is 11.5. The van der Waals surface area contributed by atoms with E-state index in [1.165, 1.54) is 12.3 Å². The number of nitrogens with zero attached hydrogens (tertiary/aromatic N) is 2. The number of halogens is 1. The van der Waals surface area contributed by atoms with Gasteiger partial charge in [0.05, 0.1) is 0 Å². The Kier molecular flexibility index (Phi) is 3.79. The van der Waals surface area contributed by atoms with Crippen molar-refractivity contribution >= 4 is 5.82 Å². The van der Waals surface area contributed by atoms with Gasteiger partial charge in [0.1, 0.15) is 11.4 Å². The van der Waals surface area contributed by atoms with Gasteiger partial charge in [-0.2, -0.15) is 4.98 Å². The highest BCUT2D eigenvalue weighted by atomic mass is 19.1. The van der Waals surface area contributed by atoms with Gasteiger partial charge in [-0.05, 0) is 18.6 Å². The molecule has 0 unspecified atom stereocenters. The Labute approximate surface area is 116 Å². The van der Waals surface area contributed by atoms with Gasteiger partial charge in [0, 0.05) is 12.1 Å². The summed E-state index contributed by atoms with van der Waals surface area (Å²) in [6, 6.07) is 1.44. The maximum absolute atomic E-state index is 14.5. The minimum atomic E-state index is -1.33. The van der Waals surface area contributed by atoms with Crippen LogP contribution < -0.4 is 11.4 Å². The Balaban J connectivity index is 2.45. The van der Waals surface area contributed by atoms with Gasteiger partial charge >= 0.3 is 5.69 Å². The van der Waals surface area contributed by atoms with Crippen LogP contribution in [0.1, 0.15) is 26.5 Å². The third-order valence-electron chi connectivity index (χ3n) is 3.89. The Morgan fingerprint density at radius 3 is 3.00 bits per heavy atom. The normalized spacial score (nSPS) is 32.9. The van der Waals surface area contributed by atoms with Crippen LogP contribution in [0.4, 0.5) is 10.2 Å². The van der Waals surface area contributed by atoms with E-state index in [4.69, 9.17) is 10.5 Å². The summed E-state index contributed by atoms with van der Waals surface area (Å²) in [5.74, 6) is -0.323. The van der Waals surface area contributed by atoms with Crippen LogP contribution >= 0.6 is 0 Å². The number of alkyl halides is 1. The first-order valence-corrected chi connectivity index (χ1v) is 6.48. The van der Waals surface area contributed by atoms with Crippen LogP contribution in [0.2, 0.25) is 0 Å². The minimum absolute atomic E-state index is 0.0976. The molecular formula is C14H18FN3O2. The van der Waals surface area contributed by atoms with E-state index in [9.17, 15) is 9.18 Å². The summed E-state index contributed by atoms with van der Waals surface area (Å²) in [5.41, 5.74) is 6.65. The molecule has 1 aliphatic heterocycles. The van der Waals surface area contributed by atoms with Crippen LogP contribution in [-0.2, 0) is 4.74 Å². The van der Waals surface area contributed by atoms with Crippen molar-refractivity contribution in [1.29, 1.82) is 0 Å². The zero-order chi connectivity index (χ0) is 14.9. The van der Waals surface area contributed by atoms with E-state index in [0.29, 0.717) is 6.42 Å². The summed E-state index contributed by atoms with van der Waals surface area (Å²) in [4.78, 5) is 15.4. The molecule has 4 atom stereocenters. The fourth-order valence-corrected chi connectivity index (χ4v) is 2.59. The van der Waals surface area contributed by atoms with Crippen molar-refractivity contribution in [3.05, 3.63) is 41.1 Å². The Hall–Kier alpha value is -1.91. The quantitative estimate of drug-likeness (QED) is 0.857. The molecule has 20 heavy (non-hydrogen) atoms. The van der Waals surface area contributed by atoms with Crippen molar-refractivity contribution in [3.63, 3.8) is 0 Å². The zero-order valence-corrected chi connectivity index (χ0v) is 11.5. The molecule has 2 N–H and O–H groups in total. The molecule has 0 amide bonds. The van der Waals surface area contributed by atoms with Gasteiger partial charge < -0.3 is 10.5 Å². The van der Waals surface area contributed by atoms with E-state index in [2.05, 4.69) is 17.3 Å². The van der Waals surface area contributed by atoms with Crippen LogP contribution in [0.3, 0.4) is 0 Å². The molecule has 1 aromatic rings. The Morgan fingerprint density at radius 1 is 1.75 bits per heavy atom. The largest absolute Gasteiger partial charge is 0.383 e. The molecule has 0 aliphatic carbocycles. The molecule has 1 aliphatic rings. The number of ether oxygens (including phenoxy) is 1. The van der Waals surface area contributed by atoms with Gasteiger partial charge in [0.2, 0.25) is 0 Å². The summed E-state index contributed by atoms with van der Waals surface area (Å²) in [6.07, 6.45) is 1.24. The summed E-state index contributed by atoms with van der Waals surface area (Å²) >= 11 is 0. The average molecular weight is 279 g/mol. The molecule has 2 rings (SSSR count). The molecular weight excluding hydrogens is 261 g/mol. The van der Waals surface area contributed by atoms with Crippen molar-refractivity contribution in [2.24, 2.45) is 5.92 Å². The molecule has 1 fully saturated rings. The smallest absolute Gasteiger partial charge is 0.351 e. The second kappa shape index (κ2) is 5.23. The minimum Gasteiger partial charge on any atom is -0.383 e. The molecule has 0 spiro atoms. The van der Waals surface area contributed by atoms with Crippen LogP contribution in [0.25, 0.3) is 0 Å². The van der Waals surface area contributed by atoms with Gasteiger partial charge in [-0.1, -0.05) is 20.4 Å². The number of hydrogen-bond acceptors (Lipinski definition) is 4. The van der Waals surface area contributed by atoms with E-state index in [1.54, 1.807) is 13.0 Å². The highest BCUT2D eigenvalue weighted by Crippen LogP contribution is 2.45. The van der Waals surface area contributed by atoms with Gasteiger partial charge in [0.15, 0.2) is 12.4 Å². The van der Waals surface area contributed by atoms with Crippen LogP contribution in [0, 0.1) is 5.92 Å². The van der Waals surface area contributed by atoms with Crippen molar-refractivity contribution in [2.45, 2.75) is 38.3 Å². The van der Waals surface area contributed by atoms with Crippen LogP contribution in [0.5, 0.6) is 0 Å². The maximum atomic E-state index is 14.5. The second-order valence-corrected chi connectivity index (χ2v) is 4.94. The fourth-order valence-electron chi connectivity index (χ4n) is 2.59. The number of nitrogens with two attached hydrogens (primary N) is 1. The lowest BCUT2D eigenvalue weighted by Gasteiger charge is -2.27. The lowest BCUT2D eigenvalue weighted by atomic mass is 9.85. The molecule has 1 aromatic heterocycles. The molecule has 1 saturated heterocycles. The van der Waals surface area contributed by atoms with Gasteiger partial charge in [-0.25, -0.2) is 9.18 Å². The first-order valence-electron chi connectivity index (χ1n) is 6.48. The number of hydrogen-bond donors (Lipinski definition) is 1. The first-order chi connectivity index (χ1) is 9.45. The molecule has 0 radical (unpaired) electrons. The topological polar surface area (TPSA) is 70.1 Å². The molecule has 108 valence electrons. The predicted octanol–water partition coefficient (Wildman–Crippen LogP) is 1.82. The van der Waals surface area contributed by atoms with E-state index < -0.39 is 29.6 Å². The number of aromatic nitrogens is 2. The van der Waals surface area contributed by atoms with E-state index in [0.717, 1.165) is 4.57 Å². The van der Waals surface area contributed by atoms with Crippen molar-refractivity contribution in [3.8, 4) is 0 Å². The van der Waals surface area contributed by atoms with Crippen LogP contribution in [-0.4, -0.2) is 21.3 Å². The molecule has 2 heterocycles. The lowest BCUT2D eigenvalue weighted by Crippen LogP contribution is -2.32. The number of rotatable bonds is 3. The van der Waals surface area contributed by atoms with Crippen molar-refractivity contribution < 1.29 is 9.13 Å². The average Bonchev–Trinajstić information content (AvgIpc) is 2.65. The van der Waals surface area contributed by atoms with E-state index >= 15 is 0 Å². The monoisotopic (exact) mass is 279 g/mol.